The van der Waals surface area contributed by atoms with Gasteiger partial charge in [0.25, 0.3) is 0 Å². The van der Waals surface area contributed by atoms with E-state index in [0.29, 0.717) is 12.6 Å². The summed E-state index contributed by atoms with van der Waals surface area (Å²) in [5.74, 6) is 3.77. The van der Waals surface area contributed by atoms with E-state index in [2.05, 4.69) is 24.1 Å². The third-order valence-corrected chi connectivity index (χ3v) is 3.96. The molecule has 1 N–H and O–H groups in total. The zero-order chi connectivity index (χ0) is 13.7. The van der Waals surface area contributed by atoms with Crippen molar-refractivity contribution in [3.05, 3.63) is 24.1 Å². The maximum atomic E-state index is 5.69. The number of benzene rings is 1. The molecular formula is C14H20N2O2S. The molecule has 0 saturated carbocycles. The van der Waals surface area contributed by atoms with E-state index in [1.54, 1.807) is 7.11 Å². The first-order valence-corrected chi connectivity index (χ1v) is 7.63. The molecule has 1 aromatic carbocycles. The quantitative estimate of drug-likeness (QED) is 0.844. The van der Waals surface area contributed by atoms with Crippen LogP contribution in [0.15, 0.2) is 22.6 Å². The predicted octanol–water partition coefficient (Wildman–Crippen LogP) is 3.07. The van der Waals surface area contributed by atoms with Crippen molar-refractivity contribution in [2.24, 2.45) is 0 Å². The molecule has 0 bridgehead atoms. The lowest BCUT2D eigenvalue weighted by atomic mass is 10.3. The fourth-order valence-corrected chi connectivity index (χ4v) is 2.48. The summed E-state index contributed by atoms with van der Waals surface area (Å²) >= 11 is 1.93. The second-order valence-corrected chi connectivity index (χ2v) is 5.70. The molecule has 0 amide bonds. The summed E-state index contributed by atoms with van der Waals surface area (Å²) in [7, 11) is 1.65. The van der Waals surface area contributed by atoms with E-state index in [-0.39, 0.29) is 0 Å². The van der Waals surface area contributed by atoms with E-state index in [4.69, 9.17) is 9.15 Å². The minimum absolute atomic E-state index is 0.453. The number of ether oxygens (including phenoxy) is 1. The van der Waals surface area contributed by atoms with Crippen LogP contribution in [0.25, 0.3) is 11.1 Å². The van der Waals surface area contributed by atoms with Crippen molar-refractivity contribution in [2.45, 2.75) is 26.4 Å². The number of hydrogen-bond donors (Lipinski definition) is 1. The molecule has 0 fully saturated rings. The SMILES string of the molecule is CCSC[C@@H](C)NCc1nc2cc(OC)ccc2o1. The van der Waals surface area contributed by atoms with Gasteiger partial charge >= 0.3 is 0 Å². The number of rotatable bonds is 7. The maximum absolute atomic E-state index is 5.69. The number of oxazole rings is 1. The Morgan fingerprint density at radius 3 is 3.05 bits per heavy atom. The van der Waals surface area contributed by atoms with Crippen molar-refractivity contribution in [1.29, 1.82) is 0 Å². The van der Waals surface area contributed by atoms with Gasteiger partial charge in [0.2, 0.25) is 5.89 Å². The van der Waals surface area contributed by atoms with E-state index in [1.807, 2.05) is 30.0 Å². The number of aromatic nitrogens is 1. The van der Waals surface area contributed by atoms with E-state index in [1.165, 1.54) is 0 Å². The Morgan fingerprint density at radius 2 is 2.32 bits per heavy atom. The standard InChI is InChI=1S/C14H20N2O2S/c1-4-19-9-10(2)15-8-14-16-12-7-11(17-3)5-6-13(12)18-14/h5-7,10,15H,4,8-9H2,1-3H3/t10-/m1/s1. The molecule has 0 unspecified atom stereocenters. The van der Waals surface area contributed by atoms with Crippen molar-refractivity contribution >= 4 is 22.9 Å². The van der Waals surface area contributed by atoms with Crippen molar-refractivity contribution in [2.75, 3.05) is 18.6 Å². The van der Waals surface area contributed by atoms with Crippen LogP contribution in [0.1, 0.15) is 19.7 Å². The highest BCUT2D eigenvalue weighted by atomic mass is 32.2. The van der Waals surface area contributed by atoms with Crippen LogP contribution in [0.4, 0.5) is 0 Å². The fraction of sp³-hybridized carbons (Fsp3) is 0.500. The Labute approximate surface area is 117 Å². The van der Waals surface area contributed by atoms with E-state index in [0.717, 1.165) is 34.2 Å². The minimum atomic E-state index is 0.453. The van der Waals surface area contributed by atoms with Gasteiger partial charge in [0, 0.05) is 17.9 Å². The lowest BCUT2D eigenvalue weighted by molar-refractivity contribution is 0.415. The van der Waals surface area contributed by atoms with Gasteiger partial charge < -0.3 is 14.5 Å². The number of fused-ring (bicyclic) bond motifs is 1. The Hall–Kier alpha value is -1.20. The summed E-state index contributed by atoms with van der Waals surface area (Å²) in [5.41, 5.74) is 1.64. The molecule has 0 aliphatic heterocycles. The lowest BCUT2D eigenvalue weighted by Gasteiger charge is -2.10. The first kappa shape index (κ1) is 14.2. The molecule has 1 aromatic heterocycles. The normalized spacial score (nSPS) is 12.8. The van der Waals surface area contributed by atoms with Crippen LogP contribution < -0.4 is 10.1 Å². The molecule has 1 atom stereocenters. The maximum Gasteiger partial charge on any atom is 0.209 e. The fourth-order valence-electron chi connectivity index (χ4n) is 1.77. The average Bonchev–Trinajstić information content (AvgIpc) is 2.84. The summed E-state index contributed by atoms with van der Waals surface area (Å²) in [5, 5.41) is 3.41. The highest BCUT2D eigenvalue weighted by molar-refractivity contribution is 7.99. The summed E-state index contributed by atoms with van der Waals surface area (Å²) in [6.07, 6.45) is 0. The molecule has 104 valence electrons. The third kappa shape index (κ3) is 3.88. The van der Waals surface area contributed by atoms with Gasteiger partial charge in [-0.25, -0.2) is 4.98 Å². The lowest BCUT2D eigenvalue weighted by Crippen LogP contribution is -2.27. The Bertz CT molecular complexity index is 527. The first-order chi connectivity index (χ1) is 9.22. The molecule has 1 heterocycles. The third-order valence-electron chi connectivity index (χ3n) is 2.81. The van der Waals surface area contributed by atoms with Crippen molar-refractivity contribution in [3.8, 4) is 5.75 Å². The number of thioether (sulfide) groups is 1. The molecule has 0 aliphatic carbocycles. The van der Waals surface area contributed by atoms with Gasteiger partial charge in [0.05, 0.1) is 13.7 Å². The van der Waals surface area contributed by atoms with E-state index in [9.17, 15) is 0 Å². The molecular weight excluding hydrogens is 260 g/mol. The van der Waals surface area contributed by atoms with Gasteiger partial charge in [0.15, 0.2) is 5.58 Å². The molecule has 2 rings (SSSR count). The number of nitrogens with one attached hydrogen (secondary N) is 1. The molecule has 0 radical (unpaired) electrons. The topological polar surface area (TPSA) is 47.3 Å². The number of nitrogens with zero attached hydrogens (tertiary/aromatic N) is 1. The smallest absolute Gasteiger partial charge is 0.209 e. The second kappa shape index (κ2) is 6.82. The molecule has 0 aliphatic rings. The van der Waals surface area contributed by atoms with Gasteiger partial charge in [-0.15, -0.1) is 0 Å². The van der Waals surface area contributed by atoms with Crippen molar-refractivity contribution < 1.29 is 9.15 Å². The Balaban J connectivity index is 1.97. The first-order valence-electron chi connectivity index (χ1n) is 6.47. The molecule has 0 saturated heterocycles. The van der Waals surface area contributed by atoms with Crippen LogP contribution in [-0.4, -0.2) is 29.6 Å². The number of hydrogen-bond acceptors (Lipinski definition) is 5. The van der Waals surface area contributed by atoms with E-state index < -0.39 is 0 Å². The highest BCUT2D eigenvalue weighted by Gasteiger charge is 2.08. The molecule has 5 heteroatoms. The van der Waals surface area contributed by atoms with E-state index >= 15 is 0 Å². The van der Waals surface area contributed by atoms with Crippen molar-refractivity contribution in [1.82, 2.24) is 10.3 Å². The zero-order valence-corrected chi connectivity index (χ0v) is 12.4. The Kier molecular flexibility index (Phi) is 5.10. The summed E-state index contributed by atoms with van der Waals surface area (Å²) in [4.78, 5) is 4.46. The summed E-state index contributed by atoms with van der Waals surface area (Å²) in [6.45, 7) is 5.00. The molecule has 19 heavy (non-hydrogen) atoms. The summed E-state index contributed by atoms with van der Waals surface area (Å²) in [6, 6.07) is 6.11. The van der Waals surface area contributed by atoms with Gasteiger partial charge in [-0.1, -0.05) is 6.92 Å². The monoisotopic (exact) mass is 280 g/mol. The van der Waals surface area contributed by atoms with Gasteiger partial charge in [0.1, 0.15) is 11.3 Å². The summed E-state index contributed by atoms with van der Waals surface area (Å²) < 4.78 is 10.9. The molecule has 2 aromatic rings. The van der Waals surface area contributed by atoms with Gasteiger partial charge in [-0.3, -0.25) is 0 Å². The van der Waals surface area contributed by atoms with Gasteiger partial charge in [-0.2, -0.15) is 11.8 Å². The van der Waals surface area contributed by atoms with Crippen LogP contribution in [0.5, 0.6) is 5.75 Å². The van der Waals surface area contributed by atoms with Crippen LogP contribution in [-0.2, 0) is 6.54 Å². The zero-order valence-electron chi connectivity index (χ0n) is 11.6. The average molecular weight is 280 g/mol. The Morgan fingerprint density at radius 1 is 1.47 bits per heavy atom. The van der Waals surface area contributed by atoms with Crippen LogP contribution in [0.2, 0.25) is 0 Å². The number of methoxy groups -OCH3 is 1. The van der Waals surface area contributed by atoms with Crippen LogP contribution in [0.3, 0.4) is 0 Å². The second-order valence-electron chi connectivity index (χ2n) is 4.38. The van der Waals surface area contributed by atoms with Crippen molar-refractivity contribution in [3.63, 3.8) is 0 Å². The van der Waals surface area contributed by atoms with Crippen LogP contribution >= 0.6 is 11.8 Å². The van der Waals surface area contributed by atoms with Crippen LogP contribution in [0, 0.1) is 0 Å². The largest absolute Gasteiger partial charge is 0.497 e. The molecule has 0 spiro atoms. The highest BCUT2D eigenvalue weighted by Crippen LogP contribution is 2.21. The molecule has 4 nitrogen and oxygen atoms in total. The minimum Gasteiger partial charge on any atom is -0.497 e. The predicted molar refractivity (Wildman–Crippen MR) is 79.9 cm³/mol. The van der Waals surface area contributed by atoms with Gasteiger partial charge in [-0.05, 0) is 24.8 Å².